The van der Waals surface area contributed by atoms with Gasteiger partial charge in [-0.05, 0) is 18.1 Å². The molecule has 0 amide bonds. The molecular weight excluding hydrogens is 181 g/mol. The van der Waals surface area contributed by atoms with E-state index in [-0.39, 0.29) is 0 Å². The molecule has 2 rings (SSSR count). The normalized spacial score (nSPS) is 22.8. The van der Waals surface area contributed by atoms with Crippen LogP contribution in [-0.2, 0) is 6.54 Å². The Kier molecular flexibility index (Phi) is 2.63. The molecule has 0 spiro atoms. The van der Waals surface area contributed by atoms with Gasteiger partial charge in [-0.2, -0.15) is 0 Å². The fourth-order valence-electron chi connectivity index (χ4n) is 1.72. The average Bonchev–Trinajstić information content (AvgIpc) is 2.56. The number of alkyl halides is 1. The molecule has 1 aromatic heterocycles. The standard InChI is InChI=1S/C10H14FN3/c11-9-3-4-14(7-9)6-8-1-2-10(12)13-5-8/h1-2,5,9H,3-4,6-7H2,(H2,12,13). The zero-order valence-corrected chi connectivity index (χ0v) is 7.99. The first kappa shape index (κ1) is 9.40. The molecule has 1 saturated heterocycles. The summed E-state index contributed by atoms with van der Waals surface area (Å²) in [5.74, 6) is 0.526. The van der Waals surface area contributed by atoms with Crippen LogP contribution in [0.3, 0.4) is 0 Å². The number of nitrogen functional groups attached to an aromatic ring is 1. The lowest BCUT2D eigenvalue weighted by Gasteiger charge is -2.13. The number of hydrogen-bond donors (Lipinski definition) is 1. The molecule has 0 bridgehead atoms. The molecule has 0 saturated carbocycles. The number of nitrogens with two attached hydrogens (primary N) is 1. The van der Waals surface area contributed by atoms with Crippen LogP contribution in [0, 0.1) is 0 Å². The molecule has 3 nitrogen and oxygen atoms in total. The van der Waals surface area contributed by atoms with Gasteiger partial charge in [-0.3, -0.25) is 4.90 Å². The summed E-state index contributed by atoms with van der Waals surface area (Å²) in [6.45, 7) is 2.16. The molecule has 0 aromatic carbocycles. The predicted molar refractivity (Wildman–Crippen MR) is 53.4 cm³/mol. The minimum Gasteiger partial charge on any atom is -0.384 e. The number of pyridine rings is 1. The second-order valence-corrected chi connectivity index (χ2v) is 3.71. The van der Waals surface area contributed by atoms with Gasteiger partial charge >= 0.3 is 0 Å². The molecule has 14 heavy (non-hydrogen) atoms. The van der Waals surface area contributed by atoms with Crippen molar-refractivity contribution in [3.63, 3.8) is 0 Å². The minimum absolute atomic E-state index is 0.526. The van der Waals surface area contributed by atoms with Gasteiger partial charge in [-0.1, -0.05) is 6.07 Å². The van der Waals surface area contributed by atoms with Crippen LogP contribution in [0.2, 0.25) is 0 Å². The van der Waals surface area contributed by atoms with E-state index in [4.69, 9.17) is 5.73 Å². The molecular formula is C10H14FN3. The monoisotopic (exact) mass is 195 g/mol. The van der Waals surface area contributed by atoms with Crippen molar-refractivity contribution in [2.75, 3.05) is 18.8 Å². The zero-order valence-electron chi connectivity index (χ0n) is 7.99. The topological polar surface area (TPSA) is 42.1 Å². The van der Waals surface area contributed by atoms with E-state index < -0.39 is 6.17 Å². The van der Waals surface area contributed by atoms with E-state index in [1.807, 2.05) is 6.07 Å². The molecule has 1 aliphatic rings. The van der Waals surface area contributed by atoms with E-state index in [0.29, 0.717) is 18.8 Å². The highest BCUT2D eigenvalue weighted by atomic mass is 19.1. The fraction of sp³-hybridized carbons (Fsp3) is 0.500. The van der Waals surface area contributed by atoms with Gasteiger partial charge in [0.2, 0.25) is 0 Å². The summed E-state index contributed by atoms with van der Waals surface area (Å²) in [5.41, 5.74) is 6.56. The van der Waals surface area contributed by atoms with E-state index in [9.17, 15) is 4.39 Å². The number of likely N-dealkylation sites (tertiary alicyclic amines) is 1. The highest BCUT2D eigenvalue weighted by Gasteiger charge is 2.21. The van der Waals surface area contributed by atoms with Gasteiger partial charge in [0, 0.05) is 25.8 Å². The Bertz CT molecular complexity index is 299. The maximum absolute atomic E-state index is 12.9. The van der Waals surface area contributed by atoms with Gasteiger partial charge in [-0.25, -0.2) is 9.37 Å². The van der Waals surface area contributed by atoms with Crippen molar-refractivity contribution in [3.8, 4) is 0 Å². The van der Waals surface area contributed by atoms with Crippen LogP contribution in [0.5, 0.6) is 0 Å². The van der Waals surface area contributed by atoms with Crippen molar-refractivity contribution in [1.29, 1.82) is 0 Å². The molecule has 2 N–H and O–H groups in total. The smallest absolute Gasteiger partial charge is 0.123 e. The SMILES string of the molecule is Nc1ccc(CN2CCC(F)C2)cn1. The first-order valence-electron chi connectivity index (χ1n) is 4.81. The summed E-state index contributed by atoms with van der Waals surface area (Å²) in [7, 11) is 0. The third kappa shape index (κ3) is 2.20. The molecule has 2 heterocycles. The van der Waals surface area contributed by atoms with Gasteiger partial charge in [-0.15, -0.1) is 0 Å². The number of halogens is 1. The van der Waals surface area contributed by atoms with E-state index in [1.165, 1.54) is 0 Å². The Hall–Kier alpha value is -1.16. The van der Waals surface area contributed by atoms with Crippen LogP contribution >= 0.6 is 0 Å². The summed E-state index contributed by atoms with van der Waals surface area (Å²) in [4.78, 5) is 6.09. The predicted octanol–water partition coefficient (Wildman–Crippen LogP) is 1.21. The molecule has 0 radical (unpaired) electrons. The van der Waals surface area contributed by atoms with Gasteiger partial charge < -0.3 is 5.73 Å². The lowest BCUT2D eigenvalue weighted by molar-refractivity contribution is 0.282. The van der Waals surface area contributed by atoms with E-state index >= 15 is 0 Å². The van der Waals surface area contributed by atoms with E-state index in [1.54, 1.807) is 12.3 Å². The van der Waals surface area contributed by atoms with Crippen LogP contribution in [0.25, 0.3) is 0 Å². The van der Waals surface area contributed by atoms with Crippen molar-refractivity contribution in [3.05, 3.63) is 23.9 Å². The van der Waals surface area contributed by atoms with Crippen molar-refractivity contribution in [2.24, 2.45) is 0 Å². The third-order valence-corrected chi connectivity index (χ3v) is 2.47. The van der Waals surface area contributed by atoms with Crippen LogP contribution < -0.4 is 5.73 Å². The van der Waals surface area contributed by atoms with Crippen molar-refractivity contribution >= 4 is 5.82 Å². The van der Waals surface area contributed by atoms with Gasteiger partial charge in [0.15, 0.2) is 0 Å². The first-order valence-corrected chi connectivity index (χ1v) is 4.81. The number of hydrogen-bond acceptors (Lipinski definition) is 3. The number of aromatic nitrogens is 1. The average molecular weight is 195 g/mol. The Morgan fingerprint density at radius 3 is 3.00 bits per heavy atom. The van der Waals surface area contributed by atoms with Crippen LogP contribution in [0.4, 0.5) is 10.2 Å². The number of rotatable bonds is 2. The van der Waals surface area contributed by atoms with Crippen molar-refractivity contribution in [1.82, 2.24) is 9.88 Å². The minimum atomic E-state index is -0.656. The van der Waals surface area contributed by atoms with Crippen molar-refractivity contribution < 1.29 is 4.39 Å². The highest BCUT2D eigenvalue weighted by molar-refractivity contribution is 5.29. The summed E-state index contributed by atoms with van der Waals surface area (Å²) >= 11 is 0. The number of anilines is 1. The summed E-state index contributed by atoms with van der Waals surface area (Å²) < 4.78 is 12.9. The quantitative estimate of drug-likeness (QED) is 0.771. The third-order valence-electron chi connectivity index (χ3n) is 2.47. The largest absolute Gasteiger partial charge is 0.384 e. The van der Waals surface area contributed by atoms with Gasteiger partial charge in [0.05, 0.1) is 0 Å². The number of nitrogens with zero attached hydrogens (tertiary/aromatic N) is 2. The summed E-state index contributed by atoms with van der Waals surface area (Å²) in [6, 6.07) is 3.71. The molecule has 76 valence electrons. The lowest BCUT2D eigenvalue weighted by atomic mass is 10.2. The molecule has 1 atom stereocenters. The Morgan fingerprint density at radius 1 is 1.57 bits per heavy atom. The van der Waals surface area contributed by atoms with Crippen LogP contribution in [0.1, 0.15) is 12.0 Å². The lowest BCUT2D eigenvalue weighted by Crippen LogP contribution is -2.20. The van der Waals surface area contributed by atoms with E-state index in [0.717, 1.165) is 18.7 Å². The summed E-state index contributed by atoms with van der Waals surface area (Å²) in [5, 5.41) is 0. The molecule has 1 aliphatic heterocycles. The van der Waals surface area contributed by atoms with Gasteiger partial charge in [0.25, 0.3) is 0 Å². The Balaban J connectivity index is 1.94. The Morgan fingerprint density at radius 2 is 2.43 bits per heavy atom. The summed E-state index contributed by atoms with van der Waals surface area (Å²) in [6.07, 6.45) is 1.75. The molecule has 0 aliphatic carbocycles. The second-order valence-electron chi connectivity index (χ2n) is 3.71. The molecule has 4 heteroatoms. The van der Waals surface area contributed by atoms with Crippen LogP contribution in [0.15, 0.2) is 18.3 Å². The highest BCUT2D eigenvalue weighted by Crippen LogP contribution is 2.15. The van der Waals surface area contributed by atoms with Crippen LogP contribution in [-0.4, -0.2) is 29.1 Å². The van der Waals surface area contributed by atoms with Gasteiger partial charge in [0.1, 0.15) is 12.0 Å². The first-order chi connectivity index (χ1) is 6.74. The van der Waals surface area contributed by atoms with E-state index in [2.05, 4.69) is 9.88 Å². The van der Waals surface area contributed by atoms with Crippen molar-refractivity contribution in [2.45, 2.75) is 19.1 Å². The molecule has 1 unspecified atom stereocenters. The Labute approximate surface area is 82.7 Å². The molecule has 1 aromatic rings. The maximum atomic E-state index is 12.9. The molecule has 1 fully saturated rings. The second kappa shape index (κ2) is 3.92. The zero-order chi connectivity index (χ0) is 9.97. The maximum Gasteiger partial charge on any atom is 0.123 e. The fourth-order valence-corrected chi connectivity index (χ4v) is 1.72.